The summed E-state index contributed by atoms with van der Waals surface area (Å²) in [6, 6.07) is 33.7. The van der Waals surface area contributed by atoms with Crippen LogP contribution in [0.15, 0.2) is 115 Å². The van der Waals surface area contributed by atoms with Gasteiger partial charge >= 0.3 is 36.9 Å². The van der Waals surface area contributed by atoms with Crippen LogP contribution >= 0.6 is 26.6 Å². The topological polar surface area (TPSA) is 139 Å². The maximum Gasteiger partial charge on any atom is 1.00 e. The van der Waals surface area contributed by atoms with Crippen LogP contribution < -0.4 is 50.7 Å². The average Bonchev–Trinajstić information content (AvgIpc) is 3.14. The molecule has 9 nitrogen and oxygen atoms in total. The minimum atomic E-state index is -3.77. The van der Waals surface area contributed by atoms with Gasteiger partial charge in [-0.15, -0.1) is 0 Å². The number of rotatable bonds is 14. The molecule has 0 radical (unpaired) electrons. The van der Waals surface area contributed by atoms with Gasteiger partial charge in [0, 0.05) is 44.8 Å². The van der Waals surface area contributed by atoms with E-state index in [4.69, 9.17) is 9.63 Å². The summed E-state index contributed by atoms with van der Waals surface area (Å²) >= 11 is 0.863. The van der Waals surface area contributed by atoms with Crippen molar-refractivity contribution in [3.8, 4) is 0 Å². The van der Waals surface area contributed by atoms with E-state index in [0.29, 0.717) is 32.8 Å². The Morgan fingerprint density at radius 3 is 1.42 bits per heavy atom. The number of carbonyl (C=O) groups is 2. The zero-order valence-corrected chi connectivity index (χ0v) is 35.2. The molecule has 5 rings (SSSR count). The number of benzene rings is 5. The predicted molar refractivity (Wildman–Crippen MR) is 232 cm³/mol. The first-order chi connectivity index (χ1) is 24.9. The molecule has 1 unspecified atom stereocenters. The van der Waals surface area contributed by atoms with Crippen LogP contribution in [0.5, 0.6) is 0 Å². The Morgan fingerprint density at radius 1 is 0.632 bits per heavy atom. The van der Waals surface area contributed by atoms with E-state index >= 15 is 0 Å². The van der Waals surface area contributed by atoms with Crippen molar-refractivity contribution in [2.24, 2.45) is 0 Å². The molecule has 0 aromatic heterocycles. The molecule has 0 saturated heterocycles. The Kier molecular flexibility index (Phi) is 25.8. The first kappa shape index (κ1) is 56.1. The zero-order valence-electron chi connectivity index (χ0n) is 30.6. The molecule has 1 N–H and O–H groups in total. The average molecular weight is 847 g/mol. The number of carbonyl (C=O) groups excluding carboxylic acids is 2. The molecule has 0 amide bonds. The maximum absolute atomic E-state index is 14.3. The van der Waals surface area contributed by atoms with Crippen molar-refractivity contribution in [1.29, 1.82) is 0 Å². The van der Waals surface area contributed by atoms with E-state index in [0.717, 1.165) is 45.4 Å². The molecule has 0 aliphatic heterocycles. The molecular formula is C44H57NaO9P2S. The van der Waals surface area contributed by atoms with Crippen LogP contribution in [0.3, 0.4) is 0 Å². The van der Waals surface area contributed by atoms with Crippen LogP contribution in [0, 0.1) is 34.6 Å². The van der Waals surface area contributed by atoms with Crippen molar-refractivity contribution in [2.75, 3.05) is 13.2 Å². The fourth-order valence-electron chi connectivity index (χ4n) is 6.11. The van der Waals surface area contributed by atoms with Crippen LogP contribution in [0.25, 0.3) is 0 Å². The smallest absolute Gasteiger partial charge is 0.691 e. The van der Waals surface area contributed by atoms with Gasteiger partial charge < -0.3 is 19.5 Å². The monoisotopic (exact) mass is 846 g/mol. The molecule has 0 bridgehead atoms. The van der Waals surface area contributed by atoms with Gasteiger partial charge in [0.1, 0.15) is 0 Å². The second kappa shape index (κ2) is 26.2. The fourth-order valence-corrected chi connectivity index (χ4v) is 11.2. The predicted octanol–water partition coefficient (Wildman–Crippen LogP) is 6.74. The molecule has 0 aliphatic rings. The number of hydrogen-bond donors (Lipinski definition) is 1. The number of hydrogen-bond acceptors (Lipinski definition) is 10. The molecule has 0 fully saturated rings. The molecule has 13 heteroatoms. The number of aryl methyl sites for hydroxylation is 5. The van der Waals surface area contributed by atoms with Crippen molar-refractivity contribution >= 4 is 53.5 Å². The van der Waals surface area contributed by atoms with Crippen molar-refractivity contribution in [3.05, 3.63) is 160 Å². The third-order valence-electron chi connectivity index (χ3n) is 8.25. The molecule has 0 heterocycles. The number of aliphatic hydroxyl groups excluding tert-OH is 1. The quantitative estimate of drug-likeness (QED) is 0.0319. The summed E-state index contributed by atoms with van der Waals surface area (Å²) in [5.41, 5.74) is 4.89. The van der Waals surface area contributed by atoms with Gasteiger partial charge in [-0.2, -0.15) is 4.33 Å². The van der Waals surface area contributed by atoms with Gasteiger partial charge in [0.05, 0.1) is 13.2 Å². The summed E-state index contributed by atoms with van der Waals surface area (Å²) in [5.74, 6) is 0.382. The summed E-state index contributed by atoms with van der Waals surface area (Å²) in [5, 5.41) is 23.7. The Morgan fingerprint density at radius 2 is 1.02 bits per heavy atom. The zero-order chi connectivity index (χ0) is 37.9. The Labute approximate surface area is 366 Å². The summed E-state index contributed by atoms with van der Waals surface area (Å²) in [7, 11) is -7.33. The van der Waals surface area contributed by atoms with E-state index in [9.17, 15) is 24.0 Å². The second-order valence-electron chi connectivity index (χ2n) is 12.1. The van der Waals surface area contributed by atoms with Crippen molar-refractivity contribution in [3.63, 3.8) is 0 Å². The van der Waals surface area contributed by atoms with Gasteiger partial charge in [0.25, 0.3) is 5.52 Å². The van der Waals surface area contributed by atoms with Crippen molar-refractivity contribution in [2.45, 2.75) is 70.1 Å². The van der Waals surface area contributed by atoms with Crippen LogP contribution in [0.1, 0.15) is 83.8 Å². The SMILES string of the molecule is C.C.C.C.Cc1cc(C)c(C(=O)P(=O)(OCCO)c2ccccc2)c(C)c1.Cc1cc(CSOO[O-])cc(C)c1C(=O)P(=O)(c1ccccc1)c1ccccc1.[Na+]. The third-order valence-corrected chi connectivity index (χ3v) is 14.0. The molecule has 304 valence electrons. The van der Waals surface area contributed by atoms with Crippen molar-refractivity contribution in [1.82, 2.24) is 0 Å². The maximum atomic E-state index is 14.3. The van der Waals surface area contributed by atoms with Crippen LogP contribution in [0.4, 0.5) is 0 Å². The van der Waals surface area contributed by atoms with Gasteiger partial charge in [0.15, 0.2) is 0 Å². The molecule has 0 spiro atoms. The minimum Gasteiger partial charge on any atom is -0.691 e. The molecule has 5 aromatic carbocycles. The fraction of sp³-hybridized carbons (Fsp3) is 0.273. The standard InChI is InChI=1S/C22H21O5PS.C18H21O4P.4CH4.Na/c1-16-13-18(15-29-27-26-24)14-17(2)21(16)22(23)28(25,19-9-5-3-6-10-19)20-11-7-4-8-12-20;1-13-11-14(2)17(15(3)12-13)18(20)23(21,22-10-9-19)16-7-5-4-6-8-16;;;;;/h3-14,24H,15H2,1-2H3;4-8,11-12,19H,9-10H2,1-3H3;4*1H4;/q;;;;;;+1/p-1. The Balaban J connectivity index is 0. The van der Waals surface area contributed by atoms with Gasteiger partial charge in [0.2, 0.25) is 12.7 Å². The Hall–Kier alpha value is -2.95. The van der Waals surface area contributed by atoms with Crippen LogP contribution in [0.2, 0.25) is 0 Å². The molecule has 57 heavy (non-hydrogen) atoms. The van der Waals surface area contributed by atoms with Crippen LogP contribution in [-0.2, 0) is 28.8 Å². The van der Waals surface area contributed by atoms with Gasteiger partial charge in [-0.05, 0) is 74.6 Å². The number of aliphatic hydroxyl groups is 1. The summed E-state index contributed by atoms with van der Waals surface area (Å²) in [6.07, 6.45) is 0. The molecule has 0 saturated carbocycles. The minimum absolute atomic E-state index is 0. The third kappa shape index (κ3) is 13.5. The van der Waals surface area contributed by atoms with E-state index in [1.807, 2.05) is 71.0 Å². The largest absolute Gasteiger partial charge is 1.00 e. The van der Waals surface area contributed by atoms with Gasteiger partial charge in [-0.3, -0.25) is 19.2 Å². The first-order valence-corrected chi connectivity index (χ1v) is 20.6. The van der Waals surface area contributed by atoms with E-state index in [2.05, 4.69) is 9.37 Å². The van der Waals surface area contributed by atoms with E-state index in [1.54, 1.807) is 78.9 Å². The van der Waals surface area contributed by atoms with E-state index in [-0.39, 0.29) is 78.0 Å². The normalized spacial score (nSPS) is 11.3. The summed E-state index contributed by atoms with van der Waals surface area (Å²) < 4.78 is 37.4. The molecule has 5 aromatic rings. The summed E-state index contributed by atoms with van der Waals surface area (Å²) in [4.78, 5) is 26.8. The van der Waals surface area contributed by atoms with E-state index in [1.165, 1.54) is 0 Å². The molecule has 0 aliphatic carbocycles. The second-order valence-corrected chi connectivity index (χ2v) is 17.7. The Bertz CT molecular complexity index is 2010. The molecular weight excluding hydrogens is 789 g/mol. The van der Waals surface area contributed by atoms with Crippen LogP contribution in [-0.4, -0.2) is 29.4 Å². The first-order valence-electron chi connectivity index (χ1n) is 16.4. The van der Waals surface area contributed by atoms with E-state index < -0.39 is 20.0 Å². The van der Waals surface area contributed by atoms with Gasteiger partial charge in [-0.1, -0.05) is 138 Å². The summed E-state index contributed by atoms with van der Waals surface area (Å²) in [6.45, 7) is 8.80. The van der Waals surface area contributed by atoms with Gasteiger partial charge in [-0.25, -0.2) is 0 Å². The van der Waals surface area contributed by atoms with Crippen molar-refractivity contribution < 1.29 is 72.5 Å². The molecule has 1 atom stereocenters.